The Kier molecular flexibility index (Phi) is 4.24. The highest BCUT2D eigenvalue weighted by Crippen LogP contribution is 2.72. The number of rotatable bonds is 3. The third-order valence-corrected chi connectivity index (χ3v) is 6.79. The minimum atomic E-state index is -5.37. The standard InChI is InChI=1S/C7H18O7P2/c1-5(6(2,3)4)7(8,15(9,10)11)16(12,13)14/h5,8H,1-4H3,(H2,9,10,11)(H2,12,13,14). The van der Waals surface area contributed by atoms with E-state index in [0.29, 0.717) is 0 Å². The topological polar surface area (TPSA) is 135 Å². The monoisotopic (exact) mass is 276 g/mol. The molecule has 9 heteroatoms. The Morgan fingerprint density at radius 1 is 0.938 bits per heavy atom. The molecule has 0 aliphatic carbocycles. The normalized spacial score (nSPS) is 17.3. The summed E-state index contributed by atoms with van der Waals surface area (Å²) in [6, 6.07) is 0. The van der Waals surface area contributed by atoms with Gasteiger partial charge in [0.15, 0.2) is 0 Å². The molecule has 0 bridgehead atoms. The van der Waals surface area contributed by atoms with Gasteiger partial charge in [0.25, 0.3) is 5.08 Å². The summed E-state index contributed by atoms with van der Waals surface area (Å²) < 4.78 is 22.3. The first-order valence-corrected chi connectivity index (χ1v) is 7.72. The quantitative estimate of drug-likeness (QED) is 0.478. The summed E-state index contributed by atoms with van der Waals surface area (Å²) in [7, 11) is -10.7. The lowest BCUT2D eigenvalue weighted by atomic mass is 9.82. The van der Waals surface area contributed by atoms with Crippen molar-refractivity contribution >= 4 is 15.2 Å². The first-order chi connectivity index (χ1) is 6.65. The molecule has 16 heavy (non-hydrogen) atoms. The Bertz CT molecular complexity index is 324. The van der Waals surface area contributed by atoms with E-state index in [1.54, 1.807) is 0 Å². The first kappa shape index (κ1) is 16.3. The van der Waals surface area contributed by atoms with Crippen molar-refractivity contribution in [1.82, 2.24) is 0 Å². The molecule has 0 spiro atoms. The SMILES string of the molecule is CC(C(C)(C)C)C(O)(P(=O)(O)O)P(=O)(O)O. The number of hydrogen-bond acceptors (Lipinski definition) is 3. The van der Waals surface area contributed by atoms with Gasteiger partial charge in [0.05, 0.1) is 0 Å². The lowest BCUT2D eigenvalue weighted by Crippen LogP contribution is -2.42. The first-order valence-electron chi connectivity index (χ1n) is 4.49. The highest BCUT2D eigenvalue weighted by molar-refractivity contribution is 7.72. The van der Waals surface area contributed by atoms with Crippen LogP contribution in [-0.2, 0) is 9.13 Å². The van der Waals surface area contributed by atoms with Gasteiger partial charge in [-0.05, 0) is 5.41 Å². The molecule has 0 saturated carbocycles. The van der Waals surface area contributed by atoms with Gasteiger partial charge in [-0.2, -0.15) is 0 Å². The second-order valence-electron chi connectivity index (χ2n) is 4.86. The van der Waals surface area contributed by atoms with Crippen LogP contribution in [-0.4, -0.2) is 29.8 Å². The molecule has 0 rings (SSSR count). The van der Waals surface area contributed by atoms with Crippen molar-refractivity contribution in [2.75, 3.05) is 0 Å². The molecule has 0 radical (unpaired) electrons. The van der Waals surface area contributed by atoms with Gasteiger partial charge in [0.2, 0.25) is 0 Å². The fourth-order valence-corrected chi connectivity index (χ4v) is 4.40. The molecule has 0 aliphatic rings. The predicted molar refractivity (Wildman–Crippen MR) is 57.7 cm³/mol. The highest BCUT2D eigenvalue weighted by atomic mass is 31.2. The second kappa shape index (κ2) is 4.18. The van der Waals surface area contributed by atoms with Crippen LogP contribution in [0.1, 0.15) is 27.7 Å². The Labute approximate surface area is 93.8 Å². The molecule has 0 heterocycles. The van der Waals surface area contributed by atoms with E-state index >= 15 is 0 Å². The van der Waals surface area contributed by atoms with E-state index in [9.17, 15) is 14.2 Å². The molecule has 0 amide bonds. The molecule has 0 saturated heterocycles. The predicted octanol–water partition coefficient (Wildman–Crippen LogP) is 0.670. The minimum Gasteiger partial charge on any atom is -0.367 e. The van der Waals surface area contributed by atoms with Crippen LogP contribution < -0.4 is 0 Å². The van der Waals surface area contributed by atoms with Crippen molar-refractivity contribution in [1.29, 1.82) is 0 Å². The molecule has 0 aliphatic heterocycles. The molecular weight excluding hydrogens is 258 g/mol. The zero-order valence-corrected chi connectivity index (χ0v) is 11.3. The molecule has 5 N–H and O–H groups in total. The summed E-state index contributed by atoms with van der Waals surface area (Å²) in [6.07, 6.45) is 0. The molecule has 1 unspecified atom stereocenters. The Morgan fingerprint density at radius 2 is 1.19 bits per heavy atom. The van der Waals surface area contributed by atoms with Gasteiger partial charge in [0.1, 0.15) is 0 Å². The van der Waals surface area contributed by atoms with Crippen LogP contribution >= 0.6 is 15.2 Å². The van der Waals surface area contributed by atoms with Crippen molar-refractivity contribution in [2.45, 2.75) is 32.8 Å². The van der Waals surface area contributed by atoms with Crippen LogP contribution in [0, 0.1) is 11.3 Å². The summed E-state index contributed by atoms with van der Waals surface area (Å²) in [4.78, 5) is 35.9. The van der Waals surface area contributed by atoms with Crippen molar-refractivity contribution in [3.05, 3.63) is 0 Å². The van der Waals surface area contributed by atoms with E-state index in [2.05, 4.69) is 0 Å². The van der Waals surface area contributed by atoms with E-state index < -0.39 is 31.6 Å². The lowest BCUT2D eigenvalue weighted by Gasteiger charge is -2.41. The smallest absolute Gasteiger partial charge is 0.367 e. The Hall–Kier alpha value is 0.260. The van der Waals surface area contributed by atoms with Gasteiger partial charge in [0, 0.05) is 5.92 Å². The van der Waals surface area contributed by atoms with Crippen LogP contribution in [0.25, 0.3) is 0 Å². The molecule has 0 aromatic carbocycles. The Morgan fingerprint density at radius 3 is 1.25 bits per heavy atom. The maximum Gasteiger partial charge on any atom is 0.369 e. The van der Waals surface area contributed by atoms with Gasteiger partial charge in [-0.1, -0.05) is 27.7 Å². The zero-order chi connectivity index (χ0) is 13.6. The second-order valence-corrected chi connectivity index (χ2v) is 8.76. The summed E-state index contributed by atoms with van der Waals surface area (Å²) >= 11 is 0. The zero-order valence-electron chi connectivity index (χ0n) is 9.52. The number of aliphatic hydroxyl groups is 1. The maximum absolute atomic E-state index is 11.1. The van der Waals surface area contributed by atoms with Crippen molar-refractivity contribution in [3.63, 3.8) is 0 Å². The van der Waals surface area contributed by atoms with Crippen molar-refractivity contribution < 1.29 is 33.8 Å². The van der Waals surface area contributed by atoms with Gasteiger partial charge >= 0.3 is 15.2 Å². The average molecular weight is 276 g/mol. The Balaban J connectivity index is 5.84. The van der Waals surface area contributed by atoms with E-state index in [-0.39, 0.29) is 0 Å². The van der Waals surface area contributed by atoms with Crippen LogP contribution in [0.3, 0.4) is 0 Å². The van der Waals surface area contributed by atoms with Crippen LogP contribution in [0.4, 0.5) is 0 Å². The van der Waals surface area contributed by atoms with E-state index in [1.165, 1.54) is 27.7 Å². The van der Waals surface area contributed by atoms with Crippen LogP contribution in [0.15, 0.2) is 0 Å². The van der Waals surface area contributed by atoms with Crippen LogP contribution in [0.5, 0.6) is 0 Å². The summed E-state index contributed by atoms with van der Waals surface area (Å²) in [6.45, 7) is 5.76. The molecular formula is C7H18O7P2. The van der Waals surface area contributed by atoms with Gasteiger partial charge in [-0.25, -0.2) is 0 Å². The minimum absolute atomic E-state index is 0.878. The van der Waals surface area contributed by atoms with Gasteiger partial charge < -0.3 is 24.7 Å². The molecule has 7 nitrogen and oxygen atoms in total. The third kappa shape index (κ3) is 2.74. The third-order valence-electron chi connectivity index (χ3n) is 2.74. The molecule has 0 aromatic rings. The van der Waals surface area contributed by atoms with Crippen LogP contribution in [0.2, 0.25) is 0 Å². The van der Waals surface area contributed by atoms with E-state index in [1.807, 2.05) is 0 Å². The van der Waals surface area contributed by atoms with Gasteiger partial charge in [-0.3, -0.25) is 9.13 Å². The largest absolute Gasteiger partial charge is 0.369 e. The fourth-order valence-electron chi connectivity index (χ4n) is 1.26. The molecule has 98 valence electrons. The summed E-state index contributed by atoms with van der Waals surface area (Å²) in [5.74, 6) is -1.29. The van der Waals surface area contributed by atoms with E-state index in [4.69, 9.17) is 19.6 Å². The van der Waals surface area contributed by atoms with Gasteiger partial charge in [-0.15, -0.1) is 0 Å². The molecule has 1 atom stereocenters. The number of hydrogen-bond donors (Lipinski definition) is 5. The maximum atomic E-state index is 11.1. The lowest BCUT2D eigenvalue weighted by molar-refractivity contribution is 0.0356. The van der Waals surface area contributed by atoms with E-state index in [0.717, 1.165) is 0 Å². The fraction of sp³-hybridized carbons (Fsp3) is 1.00. The average Bonchev–Trinajstić information content (AvgIpc) is 1.95. The molecule has 0 fully saturated rings. The van der Waals surface area contributed by atoms with Crippen molar-refractivity contribution in [3.8, 4) is 0 Å². The summed E-state index contributed by atoms with van der Waals surface area (Å²) in [5.41, 5.74) is -0.878. The summed E-state index contributed by atoms with van der Waals surface area (Å²) in [5, 5.41) is 6.41. The highest BCUT2D eigenvalue weighted by Gasteiger charge is 2.64. The van der Waals surface area contributed by atoms with Crippen molar-refractivity contribution in [2.24, 2.45) is 11.3 Å². The molecule has 0 aromatic heterocycles.